The average Bonchev–Trinajstić information content (AvgIpc) is 2.99. The molecule has 0 saturated carbocycles. The number of thiazole rings is 1. The monoisotopic (exact) mass is 397 g/mol. The molecule has 0 bridgehead atoms. The maximum Gasteiger partial charge on any atom is 0.308 e. The van der Waals surface area contributed by atoms with Crippen LogP contribution in [0.15, 0.2) is 59.4 Å². The van der Waals surface area contributed by atoms with E-state index in [-0.39, 0.29) is 23.0 Å². The summed E-state index contributed by atoms with van der Waals surface area (Å²) in [4.78, 5) is 35.4. The molecule has 1 aromatic heterocycles. The zero-order chi connectivity index (χ0) is 20.1. The largest absolute Gasteiger partial charge is 0.347 e. The fraction of sp³-hybridized carbons (Fsp3) is 0.200. The van der Waals surface area contributed by atoms with Crippen molar-refractivity contribution < 1.29 is 9.72 Å². The van der Waals surface area contributed by atoms with Gasteiger partial charge in [-0.25, -0.2) is 0 Å². The first-order chi connectivity index (χ1) is 13.5. The predicted octanol–water partition coefficient (Wildman–Crippen LogP) is 3.30. The van der Waals surface area contributed by atoms with Crippen LogP contribution in [0.3, 0.4) is 0 Å². The van der Waals surface area contributed by atoms with Gasteiger partial charge in [0.2, 0.25) is 0 Å². The number of rotatable bonds is 7. The Balaban J connectivity index is 1.68. The van der Waals surface area contributed by atoms with E-state index in [0.29, 0.717) is 29.1 Å². The van der Waals surface area contributed by atoms with Gasteiger partial charge < -0.3 is 9.88 Å². The average molecular weight is 397 g/mol. The van der Waals surface area contributed by atoms with E-state index in [1.807, 2.05) is 30.3 Å². The highest BCUT2D eigenvalue weighted by Crippen LogP contribution is 2.15. The molecular weight excluding hydrogens is 378 g/mol. The lowest BCUT2D eigenvalue weighted by atomic mass is 10.1. The molecule has 2 aromatic carbocycles. The molecule has 0 fully saturated rings. The number of carbonyl (C=O) groups is 1. The fourth-order valence-electron chi connectivity index (χ4n) is 2.87. The minimum absolute atomic E-state index is 0.0281. The first-order valence-corrected chi connectivity index (χ1v) is 9.53. The summed E-state index contributed by atoms with van der Waals surface area (Å²) in [5.74, 6) is -0.357. The molecule has 0 atom stereocenters. The summed E-state index contributed by atoms with van der Waals surface area (Å²) < 4.78 is 1.61. The van der Waals surface area contributed by atoms with Crippen LogP contribution in [0.25, 0.3) is 0 Å². The number of nitro groups is 1. The lowest BCUT2D eigenvalue weighted by molar-refractivity contribution is -0.384. The maximum absolute atomic E-state index is 12.5. The highest BCUT2D eigenvalue weighted by atomic mass is 32.1. The second kappa shape index (κ2) is 8.62. The van der Waals surface area contributed by atoms with Crippen molar-refractivity contribution in [3.63, 3.8) is 0 Å². The lowest BCUT2D eigenvalue weighted by Crippen LogP contribution is -2.23. The van der Waals surface area contributed by atoms with E-state index in [1.54, 1.807) is 23.6 Å². The summed E-state index contributed by atoms with van der Waals surface area (Å²) in [6.07, 6.45) is 0.701. The molecule has 1 N–H and O–H groups in total. The Labute approximate surface area is 165 Å². The quantitative estimate of drug-likeness (QED) is 0.489. The number of carbonyl (C=O) groups excluding carboxylic acids is 1. The molecule has 0 aliphatic heterocycles. The van der Waals surface area contributed by atoms with Gasteiger partial charge in [0.25, 0.3) is 11.6 Å². The van der Waals surface area contributed by atoms with Gasteiger partial charge in [0.1, 0.15) is 4.88 Å². The minimum Gasteiger partial charge on any atom is -0.347 e. The second-order valence-corrected chi connectivity index (χ2v) is 7.24. The summed E-state index contributed by atoms with van der Waals surface area (Å²) in [5, 5.41) is 13.6. The van der Waals surface area contributed by atoms with Crippen LogP contribution in [0.1, 0.15) is 26.5 Å². The van der Waals surface area contributed by atoms with Crippen LogP contribution in [-0.2, 0) is 19.5 Å². The van der Waals surface area contributed by atoms with Crippen LogP contribution in [0.4, 0.5) is 5.69 Å². The lowest BCUT2D eigenvalue weighted by Gasteiger charge is -2.07. The van der Waals surface area contributed by atoms with Crippen molar-refractivity contribution in [2.75, 3.05) is 0 Å². The van der Waals surface area contributed by atoms with Crippen LogP contribution < -0.4 is 10.2 Å². The molecule has 1 heterocycles. The Hall–Kier alpha value is -3.26. The van der Waals surface area contributed by atoms with E-state index in [2.05, 4.69) is 5.32 Å². The minimum atomic E-state index is -0.478. The van der Waals surface area contributed by atoms with E-state index in [0.717, 1.165) is 16.9 Å². The van der Waals surface area contributed by atoms with Crippen LogP contribution in [0.5, 0.6) is 0 Å². The maximum atomic E-state index is 12.5. The molecular formula is C20H19N3O4S. The number of hydrogen-bond donors (Lipinski definition) is 1. The molecule has 0 aliphatic rings. The summed E-state index contributed by atoms with van der Waals surface area (Å²) >= 11 is 0.915. The third kappa shape index (κ3) is 4.52. The fourth-order valence-corrected chi connectivity index (χ4v) is 3.81. The molecule has 0 aliphatic carbocycles. The van der Waals surface area contributed by atoms with Gasteiger partial charge >= 0.3 is 4.87 Å². The third-order valence-corrected chi connectivity index (χ3v) is 5.47. The number of non-ortho nitro benzene ring substituents is 1. The molecule has 3 rings (SSSR count). The van der Waals surface area contributed by atoms with Gasteiger partial charge in [-0.05, 0) is 24.5 Å². The SMILES string of the molecule is Cc1c(C(=O)NCc2cccc([N+](=O)[O-])c2)sc(=O)n1CCc1ccccc1. The van der Waals surface area contributed by atoms with Crippen molar-refractivity contribution in [3.05, 3.63) is 96.1 Å². The molecule has 3 aromatic rings. The van der Waals surface area contributed by atoms with Crippen LogP contribution in [0.2, 0.25) is 0 Å². The second-order valence-electron chi connectivity index (χ2n) is 6.28. The Morgan fingerprint density at radius 3 is 2.57 bits per heavy atom. The van der Waals surface area contributed by atoms with Gasteiger partial charge in [-0.15, -0.1) is 0 Å². The van der Waals surface area contributed by atoms with Crippen molar-refractivity contribution in [3.8, 4) is 0 Å². The Morgan fingerprint density at radius 1 is 1.14 bits per heavy atom. The number of nitrogens with zero attached hydrogens (tertiary/aromatic N) is 2. The van der Waals surface area contributed by atoms with E-state index in [4.69, 9.17) is 0 Å². The molecule has 0 radical (unpaired) electrons. The molecule has 0 unspecified atom stereocenters. The van der Waals surface area contributed by atoms with E-state index in [9.17, 15) is 19.7 Å². The first-order valence-electron chi connectivity index (χ1n) is 8.71. The van der Waals surface area contributed by atoms with E-state index >= 15 is 0 Å². The molecule has 0 saturated heterocycles. The molecule has 144 valence electrons. The first kappa shape index (κ1) is 19.5. The highest BCUT2D eigenvalue weighted by molar-refractivity contribution is 7.11. The van der Waals surface area contributed by atoms with E-state index in [1.165, 1.54) is 12.1 Å². The van der Waals surface area contributed by atoms with Gasteiger partial charge in [0.15, 0.2) is 0 Å². The van der Waals surface area contributed by atoms with Crippen LogP contribution >= 0.6 is 11.3 Å². The predicted molar refractivity (Wildman–Crippen MR) is 108 cm³/mol. The van der Waals surface area contributed by atoms with Gasteiger partial charge in [0, 0.05) is 30.9 Å². The summed E-state index contributed by atoms with van der Waals surface area (Å²) in [7, 11) is 0. The van der Waals surface area contributed by atoms with Gasteiger partial charge in [-0.1, -0.05) is 53.8 Å². The highest BCUT2D eigenvalue weighted by Gasteiger charge is 2.17. The Morgan fingerprint density at radius 2 is 1.86 bits per heavy atom. The topological polar surface area (TPSA) is 94.2 Å². The zero-order valence-electron chi connectivity index (χ0n) is 15.3. The summed E-state index contributed by atoms with van der Waals surface area (Å²) in [6.45, 7) is 2.41. The summed E-state index contributed by atoms with van der Waals surface area (Å²) in [5.41, 5.74) is 2.34. The number of benzene rings is 2. The molecule has 28 heavy (non-hydrogen) atoms. The van der Waals surface area contributed by atoms with E-state index < -0.39 is 4.92 Å². The number of nitrogens with one attached hydrogen (secondary N) is 1. The van der Waals surface area contributed by atoms with Gasteiger partial charge in [-0.2, -0.15) is 0 Å². The standard InChI is InChI=1S/C20H19N3O4S/c1-14-18(19(24)21-13-16-8-5-9-17(12-16)23(26)27)28-20(25)22(14)11-10-15-6-3-2-4-7-15/h2-9,12H,10-11,13H2,1H3,(H,21,24). The van der Waals surface area contributed by atoms with Crippen molar-refractivity contribution in [1.82, 2.24) is 9.88 Å². The summed E-state index contributed by atoms with van der Waals surface area (Å²) in [6, 6.07) is 15.9. The third-order valence-electron chi connectivity index (χ3n) is 4.39. The van der Waals surface area contributed by atoms with Crippen molar-refractivity contribution in [1.29, 1.82) is 0 Å². The molecule has 7 nitrogen and oxygen atoms in total. The zero-order valence-corrected chi connectivity index (χ0v) is 16.1. The van der Waals surface area contributed by atoms with Crippen molar-refractivity contribution in [2.24, 2.45) is 0 Å². The van der Waals surface area contributed by atoms with Gasteiger partial charge in [0.05, 0.1) is 4.92 Å². The van der Waals surface area contributed by atoms with Crippen molar-refractivity contribution >= 4 is 22.9 Å². The molecule has 0 spiro atoms. The molecule has 8 heteroatoms. The number of aromatic nitrogens is 1. The number of aryl methyl sites for hydroxylation is 1. The van der Waals surface area contributed by atoms with Crippen LogP contribution in [-0.4, -0.2) is 15.4 Å². The van der Waals surface area contributed by atoms with Crippen LogP contribution in [0, 0.1) is 17.0 Å². The van der Waals surface area contributed by atoms with Gasteiger partial charge in [-0.3, -0.25) is 19.7 Å². The normalized spacial score (nSPS) is 10.6. The number of hydrogen-bond acceptors (Lipinski definition) is 5. The smallest absolute Gasteiger partial charge is 0.308 e. The Kier molecular flexibility index (Phi) is 6.00. The Bertz CT molecular complexity index is 1060. The molecule has 1 amide bonds. The van der Waals surface area contributed by atoms with Crippen molar-refractivity contribution in [2.45, 2.75) is 26.4 Å². The number of amides is 1. The number of nitro benzene ring substituents is 1.